The van der Waals surface area contributed by atoms with Crippen molar-refractivity contribution < 1.29 is 137 Å². The molecular weight excluding hydrogens is 1530 g/mol. The Labute approximate surface area is 649 Å². The minimum Gasteiger partial charge on any atom is -0.496 e. The number of likely N-dealkylation sites (tertiary alicyclic amines) is 1. The molecule has 2 bridgehead atoms. The van der Waals surface area contributed by atoms with Crippen LogP contribution in [0.25, 0.3) is 10.9 Å². The molecule has 0 spiro atoms. The zero-order valence-electron chi connectivity index (χ0n) is 62.7. The molecule has 1 unspecified atom stereocenters. The van der Waals surface area contributed by atoms with E-state index in [0.29, 0.717) is 74.4 Å². The number of nitrogens with zero attached hydrogens (tertiary/aromatic N) is 2. The number of primary amides is 1. The predicted octanol–water partition coefficient (Wildman–Crippen LogP) is -0.0143. The lowest BCUT2D eigenvalue weighted by atomic mass is 9.85. The van der Waals surface area contributed by atoms with Gasteiger partial charge in [-0.2, -0.15) is 20.5 Å². The van der Waals surface area contributed by atoms with Gasteiger partial charge in [0.25, 0.3) is 0 Å². The number of benzene rings is 2. The van der Waals surface area contributed by atoms with Crippen molar-refractivity contribution in [3.05, 3.63) is 52.3 Å². The molecule has 7 rings (SSSR count). The number of carbonyl (C=O) groups excluding carboxylic acids is 11. The first-order valence-electron chi connectivity index (χ1n) is 36.9. The number of ether oxygens (including phenoxy) is 9. The lowest BCUT2D eigenvalue weighted by Gasteiger charge is -2.32. The third-order valence-electron chi connectivity index (χ3n) is 19.4. The van der Waals surface area contributed by atoms with Crippen molar-refractivity contribution in [2.24, 2.45) is 29.4 Å². The Kier molecular flexibility index (Phi) is 37.4. The number of H-pyrrole nitrogens is 1. The van der Waals surface area contributed by atoms with Crippen LogP contribution in [0.3, 0.4) is 0 Å². The first-order chi connectivity index (χ1) is 53.6. The number of hydrogen-bond acceptors (Lipinski definition) is 25. The van der Waals surface area contributed by atoms with Gasteiger partial charge in [-0.05, 0) is 42.9 Å². The summed E-state index contributed by atoms with van der Waals surface area (Å²) in [7, 11) is -1.000. The minimum atomic E-state index is -2.44. The summed E-state index contributed by atoms with van der Waals surface area (Å²) in [4.78, 5) is 159. The largest absolute Gasteiger partial charge is 0.496 e. The average Bonchev–Trinajstić information content (AvgIpc) is 1.59. The van der Waals surface area contributed by atoms with Crippen LogP contribution in [-0.4, -0.2) is 285 Å². The fourth-order valence-electron chi connectivity index (χ4n) is 12.9. The Morgan fingerprint density at radius 3 is 1.83 bits per heavy atom. The lowest BCUT2D eigenvalue weighted by molar-refractivity contribution is -0.144. The number of aliphatic hydroxyl groups is 3. The van der Waals surface area contributed by atoms with E-state index >= 15 is 9.00 Å². The van der Waals surface area contributed by atoms with Gasteiger partial charge >= 0.3 is 5.97 Å². The maximum atomic E-state index is 15.5. The van der Waals surface area contributed by atoms with E-state index in [1.54, 1.807) is 42.6 Å². The van der Waals surface area contributed by atoms with E-state index in [0.717, 1.165) is 4.90 Å². The first kappa shape index (κ1) is 91.3. The fraction of sp³-hybridized carbons (Fsp3) is 0.653. The number of esters is 1. The van der Waals surface area contributed by atoms with Crippen molar-refractivity contribution in [1.82, 2.24) is 41.4 Å². The number of nitrogens with one attached hydrogen (secondary N) is 6. The number of ketones is 2. The molecule has 2 aromatic carbocycles. The summed E-state index contributed by atoms with van der Waals surface area (Å²) < 4.78 is 131. The number of carbonyl (C=O) groups is 11. The zero-order chi connectivity index (χ0) is 81.7. The van der Waals surface area contributed by atoms with Crippen LogP contribution in [0, 0.1) is 52.8 Å². The zero-order valence-corrected chi connectivity index (χ0v) is 64.4. The minimum absolute atomic E-state index is 0.00923. The molecule has 624 valence electrons. The Bertz CT molecular complexity index is 3760. The summed E-state index contributed by atoms with van der Waals surface area (Å²) in [5.74, 6) is -27.4. The second-order valence-corrected chi connectivity index (χ2v) is 30.0. The van der Waals surface area contributed by atoms with Crippen molar-refractivity contribution >= 4 is 98.3 Å². The lowest BCUT2D eigenvalue weighted by Crippen LogP contribution is -2.60. The van der Waals surface area contributed by atoms with Crippen molar-refractivity contribution in [3.63, 3.8) is 0 Å². The number of nitrogens with two attached hydrogens (primary N) is 1. The van der Waals surface area contributed by atoms with Crippen LogP contribution < -0.4 is 41.8 Å². The van der Waals surface area contributed by atoms with E-state index < -0.39 is 235 Å². The maximum Gasteiger partial charge on any atom is 0.313 e. The van der Waals surface area contributed by atoms with E-state index in [9.17, 15) is 85.2 Å². The van der Waals surface area contributed by atoms with E-state index in [2.05, 4.69) is 36.3 Å². The standard InChI is InChI=1S/C72H100F5N9O24S2/c1-5-39(2)46-30-42(88)33-79-67(96)41-28-47-45-6-7-54(102-4)48(65(45)84-71(47)112(101)38-50(81-56(93)34-80-68(46)97)69(98)82-49(32-55(78)92)72(100)86-35-43(89)31-51(86)70(99)83-64(52(90)29-41)40(3)53(91)36-87)37-111-44-8-12-85(13-9-44)57(94)10-14-103-16-18-105-20-22-107-24-26-109-27-25-108-23-21-106-19-17-104-15-11-58(95)110-66-62(76)60(74)59(73)61(75)63(66)77/h6-7,39-41,43-44,46,49-51,53,64,84,87,89,91H,5,8-38H2,1-4H3,(H2,78,92)(H,79,96)(H,80,97)(H,81,93)(H,82,98)(H,83,99)/t39-,40-,41+,43+,46-,49-,50+,51-,53-,64-,112?/m0/s1. The van der Waals surface area contributed by atoms with Gasteiger partial charge in [-0.1, -0.05) is 27.2 Å². The Hall–Kier alpha value is -7.90. The van der Waals surface area contributed by atoms with E-state index in [4.69, 9.17) is 43.6 Å². The van der Waals surface area contributed by atoms with Gasteiger partial charge in [0.05, 0.1) is 179 Å². The van der Waals surface area contributed by atoms with Gasteiger partial charge in [0.2, 0.25) is 82.1 Å². The van der Waals surface area contributed by atoms with Gasteiger partial charge in [0, 0.05) is 78.6 Å². The smallest absolute Gasteiger partial charge is 0.313 e. The Morgan fingerprint density at radius 2 is 1.27 bits per heavy atom. The van der Waals surface area contributed by atoms with E-state index in [1.807, 2.05) is 0 Å². The summed E-state index contributed by atoms with van der Waals surface area (Å²) >= 11 is 1.56. The predicted molar refractivity (Wildman–Crippen MR) is 387 cm³/mol. The van der Waals surface area contributed by atoms with E-state index in [-0.39, 0.29) is 107 Å². The molecular formula is C72H100F5N9O24S2. The molecule has 33 nitrogen and oxygen atoms in total. The molecule has 0 aliphatic carbocycles. The summed E-state index contributed by atoms with van der Waals surface area (Å²) in [6.45, 7) is 5.53. The summed E-state index contributed by atoms with van der Waals surface area (Å²) in [6, 6.07) is -3.75. The number of aromatic nitrogens is 1. The third kappa shape index (κ3) is 26.6. The number of piperidine rings is 1. The molecule has 11 atom stereocenters. The first-order valence-corrected chi connectivity index (χ1v) is 39.2. The van der Waals surface area contributed by atoms with Crippen LogP contribution in [0.5, 0.6) is 11.5 Å². The number of hydrogen-bond donors (Lipinski definition) is 10. The van der Waals surface area contributed by atoms with Crippen LogP contribution >= 0.6 is 11.8 Å². The van der Waals surface area contributed by atoms with Crippen molar-refractivity contribution in [2.75, 3.05) is 145 Å². The van der Waals surface area contributed by atoms with Crippen LogP contribution in [0.4, 0.5) is 22.0 Å². The molecule has 0 radical (unpaired) electrons. The molecule has 4 aliphatic heterocycles. The van der Waals surface area contributed by atoms with Crippen molar-refractivity contribution in [1.29, 1.82) is 0 Å². The highest BCUT2D eigenvalue weighted by Crippen LogP contribution is 2.39. The van der Waals surface area contributed by atoms with Gasteiger partial charge < -0.3 is 105 Å². The monoisotopic (exact) mass is 1630 g/mol. The molecule has 4 aliphatic rings. The van der Waals surface area contributed by atoms with Crippen molar-refractivity contribution in [2.45, 2.75) is 137 Å². The number of amides is 8. The van der Waals surface area contributed by atoms with Crippen LogP contribution in [0.15, 0.2) is 17.2 Å². The molecule has 112 heavy (non-hydrogen) atoms. The number of fused-ring (bicyclic) bond motifs is 5. The SMILES string of the molecule is CC[C@H](C)[C@@H]1CC(=O)CNC(=O)[C@H]2CC(=O)[C@H]([C@@H](C)[C@@H](O)CO)NC(=O)[C@@H]3C[C@@H](O)CN3C(=O)[C@H](CC(N)=O)NC(=O)[C@@H](CS(=O)c3[nH]c4c(CSC5CCN(C(=O)CCOCCOCCOCCOCCOCCOCCOCCC(=O)Oc6c(F)c(F)c(F)c(F)c6F)CC5)c(OC)ccc4c3C2)NC(=O)CNC1=O. The average molecular weight is 1630 g/mol. The molecule has 1 aromatic heterocycles. The van der Waals surface area contributed by atoms with Crippen molar-refractivity contribution in [3.8, 4) is 11.5 Å². The Morgan fingerprint density at radius 1 is 0.705 bits per heavy atom. The van der Waals surface area contributed by atoms with Crippen LogP contribution in [-0.2, 0) is 109 Å². The highest BCUT2D eigenvalue weighted by Gasteiger charge is 2.46. The highest BCUT2D eigenvalue weighted by atomic mass is 32.2. The molecule has 0 saturated carbocycles. The summed E-state index contributed by atoms with van der Waals surface area (Å²) in [5.41, 5.74) is 6.71. The number of rotatable bonds is 36. The normalized spacial score (nSPS) is 22.5. The molecule has 8 amide bonds. The molecule has 2 fully saturated rings. The fourth-order valence-corrected chi connectivity index (χ4v) is 15.5. The topological polar surface area (TPSA) is 457 Å². The van der Waals surface area contributed by atoms with Crippen LogP contribution in [0.2, 0.25) is 0 Å². The van der Waals surface area contributed by atoms with E-state index in [1.165, 1.54) is 14.0 Å². The number of thioether (sulfide) groups is 1. The molecule has 2 saturated heterocycles. The molecule has 11 N–H and O–H groups in total. The summed E-state index contributed by atoms with van der Waals surface area (Å²) in [5, 5.41) is 45.1. The second-order valence-electron chi connectivity index (χ2n) is 27.2. The van der Waals surface area contributed by atoms with Gasteiger partial charge in [0.15, 0.2) is 11.6 Å². The quantitative estimate of drug-likeness (QED) is 0.00913. The third-order valence-corrected chi connectivity index (χ3v) is 22.3. The molecule has 5 heterocycles. The number of aliphatic hydroxyl groups excluding tert-OH is 3. The molecule has 3 aromatic rings. The number of methoxy groups -OCH3 is 1. The van der Waals surface area contributed by atoms with Crippen LogP contribution in [0.1, 0.15) is 89.7 Å². The molecule has 40 heteroatoms. The Balaban J connectivity index is 0.926. The number of halogens is 5. The second kappa shape index (κ2) is 45.9. The van der Waals surface area contributed by atoms with Gasteiger partial charge in [-0.15, -0.1) is 0 Å². The highest BCUT2D eigenvalue weighted by molar-refractivity contribution is 7.99. The maximum absolute atomic E-state index is 15.5. The number of aromatic amines is 1. The van der Waals surface area contributed by atoms with Gasteiger partial charge in [-0.3, -0.25) is 56.9 Å². The number of Topliss-reactive ketones (excluding diaryl/α,β-unsaturated/α-hetero) is 2. The summed E-state index contributed by atoms with van der Waals surface area (Å²) in [6.07, 6.45) is -4.74. The van der Waals surface area contributed by atoms with Gasteiger partial charge in [0.1, 0.15) is 28.9 Å². The van der Waals surface area contributed by atoms with Gasteiger partial charge in [-0.25, -0.2) is 13.2 Å².